The molecule has 0 aliphatic heterocycles. The van der Waals surface area contributed by atoms with Crippen LogP contribution in [0.5, 0.6) is 0 Å². The number of benzene rings is 1. The minimum Gasteiger partial charge on any atom is -0.295 e. The zero-order valence-electron chi connectivity index (χ0n) is 9.19. The summed E-state index contributed by atoms with van der Waals surface area (Å²) < 4.78 is 0. The molecule has 0 unspecified atom stereocenters. The molecule has 0 atom stereocenters. The van der Waals surface area contributed by atoms with Crippen molar-refractivity contribution >= 4 is 16.8 Å². The number of nitrogens with zero attached hydrogens (tertiary/aromatic N) is 2. The average Bonchev–Trinajstić information content (AvgIpc) is 2.31. The molecule has 1 heterocycles. The van der Waals surface area contributed by atoms with Gasteiger partial charge in [-0.3, -0.25) is 14.8 Å². The Morgan fingerprint density at radius 2 is 1.67 bits per heavy atom. The maximum atomic E-state index is 11.0. The Bertz CT molecular complexity index is 466. The quantitative estimate of drug-likeness (QED) is 0.668. The van der Waals surface area contributed by atoms with E-state index in [9.17, 15) is 4.79 Å². The van der Waals surface area contributed by atoms with Gasteiger partial charge in [-0.25, -0.2) is 0 Å². The highest BCUT2D eigenvalue weighted by Crippen LogP contribution is 2.10. The molecule has 15 heavy (non-hydrogen) atoms. The van der Waals surface area contributed by atoms with E-state index >= 15 is 0 Å². The molecule has 0 aliphatic rings. The molecule has 0 radical (unpaired) electrons. The van der Waals surface area contributed by atoms with Gasteiger partial charge in [-0.15, -0.1) is 0 Å². The van der Waals surface area contributed by atoms with Gasteiger partial charge in [0.1, 0.15) is 0 Å². The average molecular weight is 202 g/mol. The van der Waals surface area contributed by atoms with E-state index in [1.807, 2.05) is 13.8 Å². The lowest BCUT2D eigenvalue weighted by Crippen LogP contribution is -1.92. The van der Waals surface area contributed by atoms with Crippen molar-refractivity contribution in [2.75, 3.05) is 0 Å². The molecule has 2 aromatic rings. The third kappa shape index (κ3) is 2.59. The number of carbonyl (C=O) groups is 1. The Hall–Kier alpha value is -1.77. The van der Waals surface area contributed by atoms with Crippen LogP contribution in [0, 0.1) is 0 Å². The van der Waals surface area contributed by atoms with Crippen LogP contribution in [0.15, 0.2) is 30.6 Å². The molecular formula is C12H14N2O. The lowest BCUT2D eigenvalue weighted by atomic mass is 10.1. The molecule has 0 saturated heterocycles. The number of aromatic nitrogens is 2. The van der Waals surface area contributed by atoms with E-state index in [0.29, 0.717) is 5.56 Å². The summed E-state index contributed by atoms with van der Waals surface area (Å²) >= 11 is 0. The van der Waals surface area contributed by atoms with Crippen LogP contribution in [-0.2, 0) is 0 Å². The first-order valence-electron chi connectivity index (χ1n) is 4.99. The highest BCUT2D eigenvalue weighted by Gasteiger charge is 2.00. The summed E-state index contributed by atoms with van der Waals surface area (Å²) in [6.45, 7) is 5.54. The minimum atomic E-state index is 0.0487. The van der Waals surface area contributed by atoms with Gasteiger partial charge < -0.3 is 0 Å². The van der Waals surface area contributed by atoms with E-state index in [4.69, 9.17) is 0 Å². The van der Waals surface area contributed by atoms with Crippen molar-refractivity contribution in [3.63, 3.8) is 0 Å². The van der Waals surface area contributed by atoms with E-state index in [1.54, 1.807) is 30.6 Å². The van der Waals surface area contributed by atoms with Crippen molar-refractivity contribution < 1.29 is 4.79 Å². The lowest BCUT2D eigenvalue weighted by Gasteiger charge is -1.97. The fourth-order valence-electron chi connectivity index (χ4n) is 1.18. The number of ketones is 1. The van der Waals surface area contributed by atoms with Crippen LogP contribution in [0.1, 0.15) is 31.1 Å². The third-order valence-corrected chi connectivity index (χ3v) is 1.88. The Morgan fingerprint density at radius 3 is 2.27 bits per heavy atom. The molecular weight excluding hydrogens is 188 g/mol. The molecule has 3 nitrogen and oxygen atoms in total. The SMILES string of the molecule is CC.CC(=O)c1ccc2nccnc2c1. The van der Waals surface area contributed by atoms with Gasteiger partial charge in [-0.05, 0) is 25.1 Å². The highest BCUT2D eigenvalue weighted by atomic mass is 16.1. The van der Waals surface area contributed by atoms with Gasteiger partial charge >= 0.3 is 0 Å². The maximum absolute atomic E-state index is 11.0. The van der Waals surface area contributed by atoms with E-state index in [1.165, 1.54) is 6.92 Å². The van der Waals surface area contributed by atoms with E-state index in [0.717, 1.165) is 11.0 Å². The van der Waals surface area contributed by atoms with Crippen molar-refractivity contribution in [1.82, 2.24) is 9.97 Å². The van der Waals surface area contributed by atoms with Gasteiger partial charge in [0.15, 0.2) is 5.78 Å². The summed E-state index contributed by atoms with van der Waals surface area (Å²) in [5, 5.41) is 0. The van der Waals surface area contributed by atoms with Crippen LogP contribution >= 0.6 is 0 Å². The lowest BCUT2D eigenvalue weighted by molar-refractivity contribution is 0.101. The molecule has 0 N–H and O–H groups in total. The normalized spacial score (nSPS) is 9.27. The molecule has 78 valence electrons. The van der Waals surface area contributed by atoms with E-state index < -0.39 is 0 Å². The van der Waals surface area contributed by atoms with E-state index in [2.05, 4.69) is 9.97 Å². The molecule has 0 amide bonds. The van der Waals surface area contributed by atoms with Crippen LogP contribution in [0.3, 0.4) is 0 Å². The predicted octanol–water partition coefficient (Wildman–Crippen LogP) is 2.86. The van der Waals surface area contributed by atoms with Gasteiger partial charge in [0.25, 0.3) is 0 Å². The standard InChI is InChI=1S/C10H8N2O.C2H6/c1-7(13)8-2-3-9-10(6-8)12-5-4-11-9;1-2/h2-6H,1H3;1-2H3. The van der Waals surface area contributed by atoms with Crippen molar-refractivity contribution in [3.8, 4) is 0 Å². The fourth-order valence-corrected chi connectivity index (χ4v) is 1.18. The Labute approximate surface area is 89.2 Å². The number of fused-ring (bicyclic) bond motifs is 1. The van der Waals surface area contributed by atoms with Crippen molar-refractivity contribution in [1.29, 1.82) is 0 Å². The first-order valence-corrected chi connectivity index (χ1v) is 4.99. The number of rotatable bonds is 1. The van der Waals surface area contributed by atoms with Crippen molar-refractivity contribution in [2.24, 2.45) is 0 Å². The summed E-state index contributed by atoms with van der Waals surface area (Å²) in [7, 11) is 0. The molecule has 2 rings (SSSR count). The second-order valence-electron chi connectivity index (χ2n) is 2.82. The molecule has 0 aliphatic carbocycles. The van der Waals surface area contributed by atoms with Crippen LogP contribution in [0.2, 0.25) is 0 Å². The molecule has 0 fully saturated rings. The largest absolute Gasteiger partial charge is 0.295 e. The second-order valence-corrected chi connectivity index (χ2v) is 2.82. The Balaban J connectivity index is 0.000000531. The first kappa shape index (κ1) is 11.3. The molecule has 0 spiro atoms. The molecule has 1 aromatic carbocycles. The van der Waals surface area contributed by atoms with Crippen LogP contribution < -0.4 is 0 Å². The molecule has 1 aromatic heterocycles. The zero-order chi connectivity index (χ0) is 11.3. The van der Waals surface area contributed by atoms with Crippen LogP contribution in [-0.4, -0.2) is 15.8 Å². The Kier molecular flexibility index (Phi) is 3.92. The molecule has 0 saturated carbocycles. The maximum Gasteiger partial charge on any atom is 0.159 e. The summed E-state index contributed by atoms with van der Waals surface area (Å²) in [5.41, 5.74) is 2.25. The number of hydrogen-bond donors (Lipinski definition) is 0. The third-order valence-electron chi connectivity index (χ3n) is 1.88. The molecule has 0 bridgehead atoms. The fraction of sp³-hybridized carbons (Fsp3) is 0.250. The topological polar surface area (TPSA) is 42.9 Å². The summed E-state index contributed by atoms with van der Waals surface area (Å²) in [5.74, 6) is 0.0487. The summed E-state index contributed by atoms with van der Waals surface area (Å²) in [6, 6.07) is 5.32. The Morgan fingerprint density at radius 1 is 1.07 bits per heavy atom. The zero-order valence-corrected chi connectivity index (χ0v) is 9.19. The van der Waals surface area contributed by atoms with Gasteiger partial charge in [-0.2, -0.15) is 0 Å². The summed E-state index contributed by atoms with van der Waals surface area (Å²) in [4.78, 5) is 19.3. The second kappa shape index (κ2) is 5.20. The minimum absolute atomic E-state index is 0.0487. The van der Waals surface area contributed by atoms with Gasteiger partial charge in [0.05, 0.1) is 11.0 Å². The monoisotopic (exact) mass is 202 g/mol. The van der Waals surface area contributed by atoms with Crippen molar-refractivity contribution in [3.05, 3.63) is 36.2 Å². The highest BCUT2D eigenvalue weighted by molar-refractivity contribution is 5.97. The predicted molar refractivity (Wildman–Crippen MR) is 60.9 cm³/mol. The van der Waals surface area contributed by atoms with Crippen LogP contribution in [0.25, 0.3) is 11.0 Å². The number of carbonyl (C=O) groups excluding carboxylic acids is 1. The smallest absolute Gasteiger partial charge is 0.159 e. The van der Waals surface area contributed by atoms with Gasteiger partial charge in [0.2, 0.25) is 0 Å². The first-order chi connectivity index (χ1) is 7.27. The van der Waals surface area contributed by atoms with Gasteiger partial charge in [0, 0.05) is 18.0 Å². The van der Waals surface area contributed by atoms with Crippen molar-refractivity contribution in [2.45, 2.75) is 20.8 Å². The van der Waals surface area contributed by atoms with Gasteiger partial charge in [-0.1, -0.05) is 13.8 Å². The molecule has 3 heteroatoms. The summed E-state index contributed by atoms with van der Waals surface area (Å²) in [6.07, 6.45) is 3.25. The van der Waals surface area contributed by atoms with Crippen LogP contribution in [0.4, 0.5) is 0 Å². The van der Waals surface area contributed by atoms with E-state index in [-0.39, 0.29) is 5.78 Å². The number of hydrogen-bond acceptors (Lipinski definition) is 3. The number of Topliss-reactive ketones (excluding diaryl/α,β-unsaturated/α-hetero) is 1.